The fourth-order valence-electron chi connectivity index (χ4n) is 10.9. The van der Waals surface area contributed by atoms with Gasteiger partial charge in [-0.15, -0.1) is 0 Å². The second-order valence-electron chi connectivity index (χ2n) is 18.7. The molecule has 0 bridgehead atoms. The Morgan fingerprint density at radius 2 is 1.33 bits per heavy atom. The summed E-state index contributed by atoms with van der Waals surface area (Å²) in [6, 6.07) is 26.2. The quantitative estimate of drug-likeness (QED) is 0.103. The van der Waals surface area contributed by atoms with Crippen LogP contribution in [0.5, 0.6) is 0 Å². The summed E-state index contributed by atoms with van der Waals surface area (Å²) in [6.07, 6.45) is 7.15. The molecule has 3 aliphatic heterocycles. The molecule has 2 aromatic heterocycles. The van der Waals surface area contributed by atoms with Crippen molar-refractivity contribution < 1.29 is 37.1 Å². The molecule has 4 amide bonds. The van der Waals surface area contributed by atoms with Crippen molar-refractivity contribution in [3.05, 3.63) is 120 Å². The second kappa shape index (κ2) is 19.4. The summed E-state index contributed by atoms with van der Waals surface area (Å²) in [6.45, 7) is 1.63. The number of methoxy groups -OCH3 is 2. The number of carbonyl (C=O) groups is 4. The standard InChI is InChI=1S/C52H57N9O8S/c1-68-51(64)57-44(31-9-5-4-6-10-31)49(62)60-23-7-11-42(60)47-53-30-41(55-47)38-16-15-34-27-33(13-14-35(34)29-38)36-17-19-39-37(28-36)18-20-40-46(39)56-48(54-40)43-12-8-24-61(43)50(63)45(58-52(65)69-2)32-21-25-59(26-22-32)70(3,66)67/h4-6,9-10,13-17,19,27-30,32,42-45H,7-8,11-12,18,20-26H2,1-3H3,(H,53,55)(H,54,56)(H,57,64)(H,58,65)/t42-,43-,44+,45-/m0/s1. The largest absolute Gasteiger partial charge is 0.453 e. The van der Waals surface area contributed by atoms with E-state index in [-0.39, 0.29) is 42.9 Å². The van der Waals surface area contributed by atoms with Gasteiger partial charge in [0.05, 0.1) is 55.8 Å². The summed E-state index contributed by atoms with van der Waals surface area (Å²) in [5.41, 5.74) is 8.94. The molecule has 10 rings (SSSR count). The highest BCUT2D eigenvalue weighted by Gasteiger charge is 2.42. The average Bonchev–Trinajstić information content (AvgIpc) is 4.23. The van der Waals surface area contributed by atoms with Gasteiger partial charge in [-0.05, 0) is 102 Å². The van der Waals surface area contributed by atoms with Gasteiger partial charge in [0.25, 0.3) is 5.91 Å². The van der Waals surface area contributed by atoms with Gasteiger partial charge < -0.3 is 39.9 Å². The molecule has 0 spiro atoms. The number of alkyl carbamates (subject to hydrolysis) is 2. The molecule has 70 heavy (non-hydrogen) atoms. The number of aryl methyl sites for hydroxylation is 2. The summed E-state index contributed by atoms with van der Waals surface area (Å²) < 4.78 is 35.6. The van der Waals surface area contributed by atoms with Crippen LogP contribution in [0.25, 0.3) is 44.4 Å². The zero-order valence-electron chi connectivity index (χ0n) is 39.4. The van der Waals surface area contributed by atoms with Crippen LogP contribution in [0.15, 0.2) is 91.1 Å². The first-order valence-corrected chi connectivity index (χ1v) is 25.8. The molecule has 4 atom stereocenters. The molecule has 0 radical (unpaired) electrons. The topological polar surface area (TPSA) is 212 Å². The van der Waals surface area contributed by atoms with Crippen LogP contribution >= 0.6 is 0 Å². The number of nitrogens with one attached hydrogen (secondary N) is 4. The molecule has 364 valence electrons. The zero-order chi connectivity index (χ0) is 48.7. The van der Waals surface area contributed by atoms with Crippen LogP contribution in [-0.4, -0.2) is 119 Å². The van der Waals surface area contributed by atoms with E-state index >= 15 is 0 Å². The Labute approximate surface area is 406 Å². The monoisotopic (exact) mass is 967 g/mol. The number of benzene rings is 4. The summed E-state index contributed by atoms with van der Waals surface area (Å²) >= 11 is 0. The number of hydrogen-bond donors (Lipinski definition) is 4. The van der Waals surface area contributed by atoms with Crippen molar-refractivity contribution >= 4 is 44.8 Å². The number of nitrogens with zero attached hydrogens (tertiary/aromatic N) is 5. The molecule has 4 aromatic carbocycles. The number of aromatic amines is 2. The van der Waals surface area contributed by atoms with Gasteiger partial charge in [-0.2, -0.15) is 0 Å². The van der Waals surface area contributed by atoms with E-state index in [1.54, 1.807) is 4.90 Å². The first-order chi connectivity index (χ1) is 33.9. The SMILES string of the molecule is COC(=O)N[C@H](C(=O)N1CCC[C@H]1c1nc2c([nH]1)-c1ccc(-c3ccc4cc(-c5cnc([C@@H]6CCCN6C(=O)[C@H](NC(=O)OC)c6ccccc6)[nH]5)ccc4c3)cc1CC2)C1CCN(S(C)(=O)=O)CC1. The highest BCUT2D eigenvalue weighted by Crippen LogP contribution is 2.40. The van der Waals surface area contributed by atoms with Crippen molar-refractivity contribution in [1.82, 2.24) is 44.7 Å². The Morgan fingerprint density at radius 1 is 0.700 bits per heavy atom. The molecular formula is C52H57N9O8S. The van der Waals surface area contributed by atoms with Crippen LogP contribution in [0.4, 0.5) is 9.59 Å². The number of likely N-dealkylation sites (tertiary alicyclic amines) is 2. The third kappa shape index (κ3) is 9.24. The molecule has 5 heterocycles. The maximum Gasteiger partial charge on any atom is 0.407 e. The van der Waals surface area contributed by atoms with Gasteiger partial charge in [-0.25, -0.2) is 32.3 Å². The predicted molar refractivity (Wildman–Crippen MR) is 263 cm³/mol. The zero-order valence-corrected chi connectivity index (χ0v) is 40.3. The smallest absolute Gasteiger partial charge is 0.407 e. The number of amides is 4. The molecule has 3 saturated heterocycles. The van der Waals surface area contributed by atoms with Crippen LogP contribution < -0.4 is 10.6 Å². The van der Waals surface area contributed by atoms with E-state index in [4.69, 9.17) is 19.4 Å². The second-order valence-corrected chi connectivity index (χ2v) is 20.7. The first kappa shape index (κ1) is 46.7. The number of imidazole rings is 2. The lowest BCUT2D eigenvalue weighted by molar-refractivity contribution is -0.136. The van der Waals surface area contributed by atoms with Gasteiger partial charge in [0.2, 0.25) is 15.9 Å². The fourth-order valence-corrected chi connectivity index (χ4v) is 11.8. The van der Waals surface area contributed by atoms with E-state index in [9.17, 15) is 27.6 Å². The summed E-state index contributed by atoms with van der Waals surface area (Å²) in [7, 11) is -0.812. The minimum absolute atomic E-state index is 0.209. The third-order valence-electron chi connectivity index (χ3n) is 14.6. The van der Waals surface area contributed by atoms with Crippen LogP contribution in [0.1, 0.15) is 85.1 Å². The van der Waals surface area contributed by atoms with Crippen LogP contribution in [-0.2, 0) is 41.9 Å². The minimum atomic E-state index is -3.36. The number of sulfonamides is 1. The summed E-state index contributed by atoms with van der Waals surface area (Å²) in [5.74, 6) is 0.754. The van der Waals surface area contributed by atoms with Crippen molar-refractivity contribution in [3.63, 3.8) is 0 Å². The van der Waals surface area contributed by atoms with E-state index in [1.165, 1.54) is 30.3 Å². The van der Waals surface area contributed by atoms with Crippen molar-refractivity contribution in [3.8, 4) is 33.6 Å². The van der Waals surface area contributed by atoms with Gasteiger partial charge in [0.15, 0.2) is 0 Å². The molecule has 17 nitrogen and oxygen atoms in total. The molecule has 1 aliphatic carbocycles. The number of fused-ring (bicyclic) bond motifs is 4. The molecule has 18 heteroatoms. The van der Waals surface area contributed by atoms with Crippen LogP contribution in [0.2, 0.25) is 0 Å². The van der Waals surface area contributed by atoms with E-state index in [0.29, 0.717) is 37.3 Å². The molecule has 4 N–H and O–H groups in total. The number of carbonyl (C=O) groups excluding carboxylic acids is 4. The maximum absolute atomic E-state index is 14.3. The molecule has 3 fully saturated rings. The fraction of sp³-hybridized carbons (Fsp3) is 0.385. The van der Waals surface area contributed by atoms with Gasteiger partial charge in [-0.3, -0.25) is 9.59 Å². The normalized spacial score (nSPS) is 19.3. The lowest BCUT2D eigenvalue weighted by Crippen LogP contribution is -2.54. The van der Waals surface area contributed by atoms with Gasteiger partial charge in [-0.1, -0.05) is 72.8 Å². The molecule has 4 aliphatic rings. The Kier molecular flexibility index (Phi) is 12.9. The van der Waals surface area contributed by atoms with E-state index < -0.39 is 34.3 Å². The number of H-pyrrole nitrogens is 2. The predicted octanol–water partition coefficient (Wildman–Crippen LogP) is 7.21. The number of rotatable bonds is 11. The minimum Gasteiger partial charge on any atom is -0.453 e. The maximum atomic E-state index is 14.3. The van der Waals surface area contributed by atoms with E-state index in [1.807, 2.05) is 41.4 Å². The highest BCUT2D eigenvalue weighted by atomic mass is 32.2. The van der Waals surface area contributed by atoms with Gasteiger partial charge in [0.1, 0.15) is 23.7 Å². The van der Waals surface area contributed by atoms with Crippen molar-refractivity contribution in [1.29, 1.82) is 0 Å². The Balaban J connectivity index is 0.833. The summed E-state index contributed by atoms with van der Waals surface area (Å²) in [4.78, 5) is 73.7. The van der Waals surface area contributed by atoms with Crippen molar-refractivity contribution in [2.24, 2.45) is 5.92 Å². The highest BCUT2D eigenvalue weighted by molar-refractivity contribution is 7.88. The number of hydrogen-bond acceptors (Lipinski definition) is 10. The number of ether oxygens (including phenoxy) is 2. The van der Waals surface area contributed by atoms with E-state index in [2.05, 4.69) is 75.2 Å². The van der Waals surface area contributed by atoms with Crippen molar-refractivity contribution in [2.45, 2.75) is 75.5 Å². The Bertz CT molecular complexity index is 3070. The van der Waals surface area contributed by atoms with Gasteiger partial charge >= 0.3 is 12.2 Å². The van der Waals surface area contributed by atoms with Crippen LogP contribution in [0.3, 0.4) is 0 Å². The van der Waals surface area contributed by atoms with Crippen molar-refractivity contribution in [2.75, 3.05) is 46.7 Å². The Hall–Kier alpha value is -7.05. The summed E-state index contributed by atoms with van der Waals surface area (Å²) in [5, 5.41) is 7.68. The first-order valence-electron chi connectivity index (χ1n) is 24.0. The Morgan fingerprint density at radius 3 is 2.03 bits per heavy atom. The van der Waals surface area contributed by atoms with Crippen LogP contribution in [0, 0.1) is 5.92 Å². The molecule has 0 unspecified atom stereocenters. The molecule has 0 saturated carbocycles. The molecule has 6 aromatic rings. The molecular weight excluding hydrogens is 911 g/mol. The van der Waals surface area contributed by atoms with E-state index in [0.717, 1.165) is 94.5 Å². The average molecular weight is 968 g/mol. The number of aromatic nitrogens is 4. The number of piperidine rings is 1. The van der Waals surface area contributed by atoms with Gasteiger partial charge in [0, 0.05) is 37.3 Å². The third-order valence-corrected chi connectivity index (χ3v) is 15.9. The lowest BCUT2D eigenvalue weighted by atomic mass is 9.89. The lowest BCUT2D eigenvalue weighted by Gasteiger charge is -2.36.